The largest absolute Gasteiger partial charge is 0.458 e. The molecule has 1 spiro atoms. The maximum Gasteiger partial charge on any atom is 0.307 e. The van der Waals surface area contributed by atoms with Gasteiger partial charge in [-0.25, -0.2) is 4.98 Å². The van der Waals surface area contributed by atoms with Crippen LogP contribution in [-0.4, -0.2) is 16.6 Å². The van der Waals surface area contributed by atoms with Gasteiger partial charge in [-0.2, -0.15) is 0 Å². The van der Waals surface area contributed by atoms with Gasteiger partial charge in [-0.15, -0.1) is 11.3 Å². The first-order valence-corrected chi connectivity index (χ1v) is 8.87. The van der Waals surface area contributed by atoms with E-state index in [1.165, 1.54) is 6.42 Å². The van der Waals surface area contributed by atoms with E-state index in [1.54, 1.807) is 11.3 Å². The van der Waals surface area contributed by atoms with Crippen LogP contribution in [0.3, 0.4) is 0 Å². The molecule has 0 bridgehead atoms. The number of rotatable bonds is 2. The molecule has 0 amide bonds. The molecule has 2 aromatic rings. The number of hydrogen-bond donors (Lipinski definition) is 0. The third kappa shape index (κ3) is 2.35. The van der Waals surface area contributed by atoms with E-state index in [4.69, 9.17) is 9.72 Å². The predicted molar refractivity (Wildman–Crippen MR) is 86.8 cm³/mol. The highest BCUT2D eigenvalue weighted by molar-refractivity contribution is 7.13. The summed E-state index contributed by atoms with van der Waals surface area (Å²) >= 11 is 1.66. The quantitative estimate of drug-likeness (QED) is 0.764. The Bertz CT molecular complexity index is 673. The topological polar surface area (TPSA) is 39.2 Å². The van der Waals surface area contributed by atoms with Crippen LogP contribution in [0.25, 0.3) is 10.6 Å². The Morgan fingerprint density at radius 2 is 1.91 bits per heavy atom. The number of aromatic nitrogens is 1. The van der Waals surface area contributed by atoms with Gasteiger partial charge in [0.2, 0.25) is 0 Å². The number of esters is 1. The van der Waals surface area contributed by atoms with E-state index in [0.29, 0.717) is 6.42 Å². The third-order valence-corrected chi connectivity index (χ3v) is 5.83. The zero-order valence-electron chi connectivity index (χ0n) is 12.5. The minimum atomic E-state index is -0.280. The van der Waals surface area contributed by atoms with Crippen LogP contribution in [0, 0.1) is 0 Å². The average molecular weight is 313 g/mol. The zero-order valence-corrected chi connectivity index (χ0v) is 13.3. The van der Waals surface area contributed by atoms with Crippen LogP contribution in [0.15, 0.2) is 35.7 Å². The van der Waals surface area contributed by atoms with Gasteiger partial charge in [-0.3, -0.25) is 4.79 Å². The molecule has 22 heavy (non-hydrogen) atoms. The van der Waals surface area contributed by atoms with Crippen molar-refractivity contribution in [3.05, 3.63) is 41.4 Å². The number of hydrogen-bond acceptors (Lipinski definition) is 4. The van der Waals surface area contributed by atoms with Crippen molar-refractivity contribution in [1.29, 1.82) is 0 Å². The first-order valence-electron chi connectivity index (χ1n) is 8.00. The first-order chi connectivity index (χ1) is 10.8. The Labute approximate surface area is 134 Å². The number of carbonyl (C=O) groups excluding carboxylic acids is 1. The second kappa shape index (κ2) is 5.51. The van der Waals surface area contributed by atoms with Gasteiger partial charge < -0.3 is 4.74 Å². The minimum absolute atomic E-state index is 0.0545. The molecule has 1 saturated heterocycles. The van der Waals surface area contributed by atoms with Crippen molar-refractivity contribution in [2.45, 2.75) is 50.0 Å². The van der Waals surface area contributed by atoms with Gasteiger partial charge in [-0.1, -0.05) is 36.8 Å². The second-order valence-corrected chi connectivity index (χ2v) is 7.16. The van der Waals surface area contributed by atoms with Crippen molar-refractivity contribution < 1.29 is 9.53 Å². The molecule has 114 valence electrons. The summed E-state index contributed by atoms with van der Waals surface area (Å²) in [6.07, 6.45) is 6.01. The molecule has 1 aromatic carbocycles. The van der Waals surface area contributed by atoms with Crippen LogP contribution in [-0.2, 0) is 9.53 Å². The van der Waals surface area contributed by atoms with E-state index in [-0.39, 0.29) is 17.5 Å². The van der Waals surface area contributed by atoms with Gasteiger partial charge in [0.25, 0.3) is 0 Å². The summed E-state index contributed by atoms with van der Waals surface area (Å²) < 4.78 is 5.80. The van der Waals surface area contributed by atoms with Gasteiger partial charge in [0, 0.05) is 10.9 Å². The lowest BCUT2D eigenvalue weighted by atomic mass is 9.75. The fourth-order valence-electron chi connectivity index (χ4n) is 3.83. The van der Waals surface area contributed by atoms with Crippen molar-refractivity contribution in [1.82, 2.24) is 4.98 Å². The molecule has 2 heterocycles. The molecule has 3 nitrogen and oxygen atoms in total. The van der Waals surface area contributed by atoms with Crippen LogP contribution in [0.5, 0.6) is 0 Å². The average Bonchev–Trinajstić information content (AvgIpc) is 3.14. The summed E-state index contributed by atoms with van der Waals surface area (Å²) in [5.41, 5.74) is 1.90. The molecule has 1 atom stereocenters. The summed E-state index contributed by atoms with van der Waals surface area (Å²) in [4.78, 5) is 16.8. The Morgan fingerprint density at radius 1 is 1.14 bits per heavy atom. The highest BCUT2D eigenvalue weighted by Gasteiger charge is 2.50. The van der Waals surface area contributed by atoms with Crippen LogP contribution in [0.2, 0.25) is 0 Å². The van der Waals surface area contributed by atoms with Crippen LogP contribution < -0.4 is 0 Å². The molecule has 1 aromatic heterocycles. The Morgan fingerprint density at radius 3 is 2.68 bits per heavy atom. The Balaban J connectivity index is 1.66. The fourth-order valence-corrected chi connectivity index (χ4v) is 4.71. The number of benzene rings is 1. The molecule has 2 aliphatic rings. The van der Waals surface area contributed by atoms with Crippen molar-refractivity contribution in [2.24, 2.45) is 0 Å². The lowest BCUT2D eigenvalue weighted by Crippen LogP contribution is -2.36. The Hall–Kier alpha value is -1.68. The molecule has 0 N–H and O–H groups in total. The van der Waals surface area contributed by atoms with E-state index in [1.807, 2.05) is 18.2 Å². The van der Waals surface area contributed by atoms with E-state index < -0.39 is 0 Å². The van der Waals surface area contributed by atoms with Gasteiger partial charge in [0.1, 0.15) is 10.6 Å². The highest BCUT2D eigenvalue weighted by Crippen LogP contribution is 2.49. The van der Waals surface area contributed by atoms with Crippen molar-refractivity contribution in [3.8, 4) is 10.6 Å². The molecule has 4 rings (SSSR count). The first kappa shape index (κ1) is 13.9. The molecular formula is C18H19NO2S. The maximum atomic E-state index is 11.9. The van der Waals surface area contributed by atoms with Crippen LogP contribution in [0.1, 0.15) is 50.1 Å². The molecule has 2 fully saturated rings. The van der Waals surface area contributed by atoms with E-state index >= 15 is 0 Å². The molecule has 0 radical (unpaired) electrons. The number of ether oxygens (including phenoxy) is 1. The van der Waals surface area contributed by atoms with Gasteiger partial charge in [0.05, 0.1) is 18.0 Å². The van der Waals surface area contributed by atoms with Gasteiger partial charge in [-0.05, 0) is 25.7 Å². The van der Waals surface area contributed by atoms with Gasteiger partial charge >= 0.3 is 5.97 Å². The second-order valence-electron chi connectivity index (χ2n) is 6.30. The van der Waals surface area contributed by atoms with Crippen LogP contribution in [0.4, 0.5) is 0 Å². The standard InChI is InChI=1S/C18H19NO2S/c20-16-11-14(18(21-16)9-5-2-6-10-18)15-12-22-17(19-15)13-7-3-1-4-8-13/h1,3-4,7-8,12,14H,2,5-6,9-11H2. The van der Waals surface area contributed by atoms with Crippen molar-refractivity contribution in [2.75, 3.05) is 0 Å². The summed E-state index contributed by atoms with van der Waals surface area (Å²) in [5.74, 6) is 0.0789. The highest BCUT2D eigenvalue weighted by atomic mass is 32.1. The fraction of sp³-hybridized carbons (Fsp3) is 0.444. The lowest BCUT2D eigenvalue weighted by molar-refractivity contribution is -0.151. The summed E-state index contributed by atoms with van der Waals surface area (Å²) in [6.45, 7) is 0. The molecule has 4 heteroatoms. The maximum absolute atomic E-state index is 11.9. The Kier molecular flexibility index (Phi) is 3.49. The SMILES string of the molecule is O=C1CC(c2csc(-c3ccccc3)n2)C2(CCCCC2)O1. The summed E-state index contributed by atoms with van der Waals surface area (Å²) in [5, 5.41) is 3.15. The minimum Gasteiger partial charge on any atom is -0.458 e. The zero-order chi connectivity index (χ0) is 15.0. The lowest BCUT2D eigenvalue weighted by Gasteiger charge is -2.36. The van der Waals surface area contributed by atoms with Crippen molar-refractivity contribution >= 4 is 17.3 Å². The molecule has 1 aliphatic heterocycles. The van der Waals surface area contributed by atoms with E-state index in [0.717, 1.165) is 41.9 Å². The number of carbonyl (C=O) groups is 1. The van der Waals surface area contributed by atoms with Crippen molar-refractivity contribution in [3.63, 3.8) is 0 Å². The molecule has 1 unspecified atom stereocenters. The molecule has 1 saturated carbocycles. The molecular weight excluding hydrogens is 294 g/mol. The van der Waals surface area contributed by atoms with Crippen LogP contribution >= 0.6 is 11.3 Å². The third-order valence-electron chi connectivity index (χ3n) is 4.92. The summed E-state index contributed by atoms with van der Waals surface area (Å²) in [7, 11) is 0. The van der Waals surface area contributed by atoms with E-state index in [9.17, 15) is 4.79 Å². The normalized spacial score (nSPS) is 23.6. The number of nitrogens with zero attached hydrogens (tertiary/aromatic N) is 1. The number of thiazole rings is 1. The smallest absolute Gasteiger partial charge is 0.307 e. The molecule has 1 aliphatic carbocycles. The monoisotopic (exact) mass is 313 g/mol. The van der Waals surface area contributed by atoms with E-state index in [2.05, 4.69) is 17.5 Å². The predicted octanol–water partition coefficient (Wildman–Crippen LogP) is 4.54. The summed E-state index contributed by atoms with van der Waals surface area (Å²) in [6, 6.07) is 10.2. The van der Waals surface area contributed by atoms with Gasteiger partial charge in [0.15, 0.2) is 0 Å².